The van der Waals surface area contributed by atoms with E-state index >= 15 is 0 Å². The standard InChI is InChI=1S/2C7H8N3O.H2O4S/c2*1-11-7-5(8)3-2-4-6(7)10-9;1-5(2,3)4/h2*2-4H,8H2,1H3;(H2,1,2,3,4)/q2*+1;/p-2. The van der Waals surface area contributed by atoms with Gasteiger partial charge in [0.1, 0.15) is 0 Å². The molecule has 0 aliphatic carbocycles. The predicted octanol–water partition coefficient (Wildman–Crippen LogP) is 2.19. The lowest BCUT2D eigenvalue weighted by atomic mass is 10.2. The summed E-state index contributed by atoms with van der Waals surface area (Å²) in [5.41, 5.74) is 12.6. The molecule has 13 heteroatoms. The van der Waals surface area contributed by atoms with Crippen LogP contribution in [0.15, 0.2) is 36.4 Å². The Bertz CT molecular complexity index is 880. The molecule has 2 rings (SSSR count). The van der Waals surface area contributed by atoms with Gasteiger partial charge in [0, 0.05) is 22.5 Å². The molecule has 0 aliphatic rings. The van der Waals surface area contributed by atoms with Crippen molar-refractivity contribution in [2.75, 3.05) is 25.7 Å². The maximum atomic E-state index is 8.52. The number of rotatable bonds is 2. The number of nitrogens with zero attached hydrogens (tertiary/aromatic N) is 4. The highest BCUT2D eigenvalue weighted by Crippen LogP contribution is 2.33. The molecule has 0 aliphatic heterocycles. The number of nitrogen functional groups attached to an aromatic ring is 2. The Hall–Kier alpha value is -3.65. The van der Waals surface area contributed by atoms with Gasteiger partial charge in [0.2, 0.25) is 22.3 Å². The molecule has 144 valence electrons. The third-order valence-electron chi connectivity index (χ3n) is 2.67. The first-order chi connectivity index (χ1) is 12.6. The average Bonchev–Trinajstić information content (AvgIpc) is 2.60. The molecule has 0 saturated heterocycles. The minimum atomic E-state index is -5.17. The van der Waals surface area contributed by atoms with Crippen LogP contribution in [0.25, 0.3) is 9.95 Å². The molecular formula is C14H16N6O6S. The maximum absolute atomic E-state index is 8.52. The van der Waals surface area contributed by atoms with Crippen molar-refractivity contribution < 1.29 is 27.0 Å². The van der Waals surface area contributed by atoms with E-state index in [9.17, 15) is 0 Å². The van der Waals surface area contributed by atoms with Crippen LogP contribution in [0, 0.1) is 10.8 Å². The van der Waals surface area contributed by atoms with Crippen molar-refractivity contribution in [2.45, 2.75) is 0 Å². The Labute approximate surface area is 155 Å². The zero-order valence-corrected chi connectivity index (χ0v) is 15.1. The first-order valence-corrected chi connectivity index (χ1v) is 8.14. The largest absolute Gasteiger partial charge is 0.759 e. The van der Waals surface area contributed by atoms with Gasteiger partial charge in [0.15, 0.2) is 9.95 Å². The van der Waals surface area contributed by atoms with E-state index in [1.807, 2.05) is 0 Å². The molecule has 27 heavy (non-hydrogen) atoms. The fourth-order valence-electron chi connectivity index (χ4n) is 1.69. The molecular weight excluding hydrogens is 380 g/mol. The molecule has 12 nitrogen and oxygen atoms in total. The van der Waals surface area contributed by atoms with E-state index in [1.165, 1.54) is 14.2 Å². The second-order valence-electron chi connectivity index (χ2n) is 4.41. The van der Waals surface area contributed by atoms with Crippen LogP contribution in [0.4, 0.5) is 22.7 Å². The van der Waals surface area contributed by atoms with E-state index in [-0.39, 0.29) is 0 Å². The Morgan fingerprint density at radius 2 is 1.15 bits per heavy atom. The summed E-state index contributed by atoms with van der Waals surface area (Å²) >= 11 is 0. The van der Waals surface area contributed by atoms with Gasteiger partial charge in [-0.2, -0.15) is 0 Å². The van der Waals surface area contributed by atoms with Gasteiger partial charge < -0.3 is 30.0 Å². The van der Waals surface area contributed by atoms with Gasteiger partial charge in [-0.3, -0.25) is 8.42 Å². The molecule has 0 spiro atoms. The normalized spacial score (nSPS) is 9.26. The van der Waals surface area contributed by atoms with Crippen molar-refractivity contribution in [1.29, 1.82) is 10.8 Å². The van der Waals surface area contributed by atoms with Gasteiger partial charge in [0.25, 0.3) is 0 Å². The second-order valence-corrected chi connectivity index (χ2v) is 5.22. The number of para-hydroxylation sites is 2. The summed E-state index contributed by atoms with van der Waals surface area (Å²) in [4.78, 5) is 5.99. The quantitative estimate of drug-likeness (QED) is 0.327. The number of hydrogen-bond donors (Lipinski definition) is 2. The molecule has 0 atom stereocenters. The average molecular weight is 396 g/mol. The third kappa shape index (κ3) is 8.84. The van der Waals surface area contributed by atoms with Crippen LogP contribution in [0.3, 0.4) is 0 Å². The second kappa shape index (κ2) is 11.1. The molecule has 2 aromatic carbocycles. The Balaban J connectivity index is 0.000000405. The van der Waals surface area contributed by atoms with Crippen molar-refractivity contribution in [3.63, 3.8) is 0 Å². The van der Waals surface area contributed by atoms with Crippen molar-refractivity contribution in [3.8, 4) is 11.5 Å². The van der Waals surface area contributed by atoms with Crippen LogP contribution in [0.5, 0.6) is 11.5 Å². The number of nitrogens with two attached hydrogens (primary N) is 2. The van der Waals surface area contributed by atoms with Gasteiger partial charge >= 0.3 is 11.4 Å². The molecule has 4 N–H and O–H groups in total. The molecule has 0 radical (unpaired) electrons. The number of benzene rings is 2. The van der Waals surface area contributed by atoms with Crippen molar-refractivity contribution in [1.82, 2.24) is 0 Å². The Morgan fingerprint density at radius 3 is 1.33 bits per heavy atom. The smallest absolute Gasteiger partial charge is 0.428 e. The van der Waals surface area contributed by atoms with Crippen LogP contribution in [-0.4, -0.2) is 31.7 Å². The van der Waals surface area contributed by atoms with E-state index in [1.54, 1.807) is 36.4 Å². The maximum Gasteiger partial charge on any atom is 0.428 e. The van der Waals surface area contributed by atoms with Crippen LogP contribution in [0.2, 0.25) is 0 Å². The minimum absolute atomic E-state index is 0.340. The highest BCUT2D eigenvalue weighted by atomic mass is 32.3. The van der Waals surface area contributed by atoms with Gasteiger partial charge in [-0.15, -0.1) is 0 Å². The van der Waals surface area contributed by atoms with Gasteiger partial charge in [-0.05, 0) is 12.1 Å². The van der Waals surface area contributed by atoms with Crippen molar-refractivity contribution in [3.05, 3.63) is 46.4 Å². The summed E-state index contributed by atoms with van der Waals surface area (Å²) in [5, 5.41) is 16.9. The fraction of sp³-hybridized carbons (Fsp3) is 0.143. The SMILES string of the molecule is COc1c(N)cccc1[N+]#N.COc1c(N)cccc1[N+]#N.O=S(=O)([O-])[O-]. The highest BCUT2D eigenvalue weighted by Gasteiger charge is 2.16. The van der Waals surface area contributed by atoms with Crippen LogP contribution >= 0.6 is 0 Å². The molecule has 0 bridgehead atoms. The van der Waals surface area contributed by atoms with Crippen molar-refractivity contribution >= 4 is 33.1 Å². The number of hydrogen-bond acceptors (Lipinski definition) is 10. The zero-order valence-electron chi connectivity index (χ0n) is 14.3. The summed E-state index contributed by atoms with van der Waals surface area (Å²) in [5.74, 6) is 0.796. The molecule has 0 saturated carbocycles. The van der Waals surface area contributed by atoms with E-state index < -0.39 is 10.4 Å². The number of diazo groups is 2. The lowest BCUT2D eigenvalue weighted by Crippen LogP contribution is -1.91. The summed E-state index contributed by atoms with van der Waals surface area (Å²) in [6, 6.07) is 9.94. The van der Waals surface area contributed by atoms with Gasteiger partial charge in [-0.25, -0.2) is 0 Å². The van der Waals surface area contributed by atoms with E-state index in [2.05, 4.69) is 9.95 Å². The summed E-state index contributed by atoms with van der Waals surface area (Å²) in [7, 11) is -2.22. The minimum Gasteiger partial charge on any atom is -0.759 e. The molecule has 0 fully saturated rings. The summed E-state index contributed by atoms with van der Waals surface area (Å²) in [6.07, 6.45) is 0. The van der Waals surface area contributed by atoms with Crippen LogP contribution in [0.1, 0.15) is 0 Å². The van der Waals surface area contributed by atoms with Gasteiger partial charge in [-0.1, -0.05) is 12.1 Å². The number of anilines is 2. The molecule has 0 aromatic heterocycles. The van der Waals surface area contributed by atoms with Gasteiger partial charge in [0.05, 0.1) is 25.6 Å². The monoisotopic (exact) mass is 396 g/mol. The van der Waals surface area contributed by atoms with E-state index in [0.29, 0.717) is 34.2 Å². The molecule has 0 unspecified atom stereocenters. The lowest BCUT2D eigenvalue weighted by Gasteiger charge is -2.06. The third-order valence-corrected chi connectivity index (χ3v) is 2.67. The summed E-state index contributed by atoms with van der Waals surface area (Å²) < 4.78 is 43.9. The van der Waals surface area contributed by atoms with E-state index in [4.69, 9.17) is 49.3 Å². The predicted molar refractivity (Wildman–Crippen MR) is 94.8 cm³/mol. The molecule has 0 amide bonds. The van der Waals surface area contributed by atoms with E-state index in [0.717, 1.165) is 0 Å². The topological polar surface area (TPSA) is 207 Å². The zero-order chi connectivity index (χ0) is 21.0. The Kier molecular flexibility index (Phi) is 9.56. The number of methoxy groups -OCH3 is 2. The highest BCUT2D eigenvalue weighted by molar-refractivity contribution is 7.79. The van der Waals surface area contributed by atoms with Crippen molar-refractivity contribution in [2.24, 2.45) is 0 Å². The Morgan fingerprint density at radius 1 is 0.852 bits per heavy atom. The first kappa shape index (κ1) is 23.4. The lowest BCUT2D eigenvalue weighted by molar-refractivity contribution is 0.352. The number of ether oxygens (including phenoxy) is 2. The first-order valence-electron chi connectivity index (χ1n) is 6.80. The molecule has 2 aromatic rings. The molecule has 0 heterocycles. The van der Waals surface area contributed by atoms with Crippen LogP contribution in [-0.2, 0) is 10.4 Å². The van der Waals surface area contributed by atoms with Crippen LogP contribution < -0.4 is 20.9 Å². The fourth-order valence-corrected chi connectivity index (χ4v) is 1.69. The summed E-state index contributed by atoms with van der Waals surface area (Å²) in [6.45, 7) is 0.